The summed E-state index contributed by atoms with van der Waals surface area (Å²) in [5.74, 6) is 0.167. The molecule has 1 aromatic heterocycles. The second-order valence-corrected chi connectivity index (χ2v) is 4.51. The number of phenols is 2. The third kappa shape index (κ3) is 1.53. The fourth-order valence-corrected chi connectivity index (χ4v) is 2.33. The molecule has 0 saturated heterocycles. The summed E-state index contributed by atoms with van der Waals surface area (Å²) in [5.41, 5.74) is 0.578. The quantitative estimate of drug-likeness (QED) is 0.526. The molecule has 3 aromatic rings. The normalized spacial score (nSPS) is 11.1. The molecule has 102 valence electrons. The summed E-state index contributed by atoms with van der Waals surface area (Å²) in [7, 11) is 1.52. The predicted molar refractivity (Wildman–Crippen MR) is 74.6 cm³/mol. The number of aromatic hydroxyl groups is 2. The van der Waals surface area contributed by atoms with Crippen molar-refractivity contribution >= 4 is 21.9 Å². The topological polar surface area (TPSA) is 79.9 Å². The smallest absolute Gasteiger partial charge is 0.204 e. The van der Waals surface area contributed by atoms with E-state index in [1.54, 1.807) is 19.1 Å². The first-order chi connectivity index (χ1) is 9.54. The van der Waals surface area contributed by atoms with Gasteiger partial charge in [-0.3, -0.25) is 4.79 Å². The Morgan fingerprint density at radius 2 is 1.75 bits per heavy atom. The highest BCUT2D eigenvalue weighted by atomic mass is 16.5. The summed E-state index contributed by atoms with van der Waals surface area (Å²) in [6, 6.07) is 5.79. The summed E-state index contributed by atoms with van der Waals surface area (Å²) in [4.78, 5) is 12.4. The van der Waals surface area contributed by atoms with Crippen LogP contribution in [0.2, 0.25) is 0 Å². The van der Waals surface area contributed by atoms with E-state index in [9.17, 15) is 15.0 Å². The van der Waals surface area contributed by atoms with Crippen LogP contribution < -0.4 is 10.2 Å². The molecule has 0 atom stereocenters. The van der Waals surface area contributed by atoms with Gasteiger partial charge in [-0.1, -0.05) is 0 Å². The maximum absolute atomic E-state index is 12.4. The number of methoxy groups -OCH3 is 1. The Morgan fingerprint density at radius 1 is 1.05 bits per heavy atom. The lowest BCUT2D eigenvalue weighted by atomic mass is 10.1. The SMILES string of the molecule is COc1ccc2c(=O)c3c(O)ccc(O)c3oc2c1C. The molecule has 0 bridgehead atoms. The number of aryl methyl sites for hydroxylation is 1. The largest absolute Gasteiger partial charge is 0.507 e. The number of hydrogen-bond acceptors (Lipinski definition) is 5. The minimum Gasteiger partial charge on any atom is -0.507 e. The molecule has 0 amide bonds. The van der Waals surface area contributed by atoms with Gasteiger partial charge < -0.3 is 19.4 Å². The van der Waals surface area contributed by atoms with Crippen molar-refractivity contribution in [1.82, 2.24) is 0 Å². The molecule has 0 aliphatic rings. The van der Waals surface area contributed by atoms with Crippen molar-refractivity contribution in [2.24, 2.45) is 0 Å². The molecule has 3 rings (SSSR count). The Labute approximate surface area is 113 Å². The Balaban J connectivity index is 2.61. The third-order valence-electron chi connectivity index (χ3n) is 3.37. The first-order valence-corrected chi connectivity index (χ1v) is 5.99. The summed E-state index contributed by atoms with van der Waals surface area (Å²) in [5, 5.41) is 19.9. The molecule has 5 nitrogen and oxygen atoms in total. The molecule has 5 heteroatoms. The lowest BCUT2D eigenvalue weighted by Gasteiger charge is -2.09. The number of benzene rings is 2. The first-order valence-electron chi connectivity index (χ1n) is 5.99. The van der Waals surface area contributed by atoms with Gasteiger partial charge in [-0.15, -0.1) is 0 Å². The highest BCUT2D eigenvalue weighted by Crippen LogP contribution is 2.34. The lowest BCUT2D eigenvalue weighted by Crippen LogP contribution is -2.04. The monoisotopic (exact) mass is 272 g/mol. The Morgan fingerprint density at radius 3 is 2.45 bits per heavy atom. The zero-order chi connectivity index (χ0) is 14.4. The van der Waals surface area contributed by atoms with E-state index >= 15 is 0 Å². The Hall–Kier alpha value is -2.69. The van der Waals surface area contributed by atoms with E-state index in [0.717, 1.165) is 0 Å². The second-order valence-electron chi connectivity index (χ2n) is 4.51. The second kappa shape index (κ2) is 4.16. The van der Waals surface area contributed by atoms with Gasteiger partial charge in [-0.05, 0) is 31.2 Å². The summed E-state index contributed by atoms with van der Waals surface area (Å²) >= 11 is 0. The molecule has 0 unspecified atom stereocenters. The van der Waals surface area contributed by atoms with Gasteiger partial charge in [0.2, 0.25) is 5.43 Å². The van der Waals surface area contributed by atoms with Crippen LogP contribution in [0.3, 0.4) is 0 Å². The van der Waals surface area contributed by atoms with Crippen molar-refractivity contribution in [2.45, 2.75) is 6.92 Å². The van der Waals surface area contributed by atoms with Gasteiger partial charge in [0.15, 0.2) is 11.3 Å². The number of fused-ring (bicyclic) bond motifs is 2. The molecule has 0 aliphatic heterocycles. The van der Waals surface area contributed by atoms with Crippen molar-refractivity contribution in [1.29, 1.82) is 0 Å². The maximum atomic E-state index is 12.4. The van der Waals surface area contributed by atoms with Crippen LogP contribution in [0.4, 0.5) is 0 Å². The molecule has 2 aromatic carbocycles. The van der Waals surface area contributed by atoms with E-state index in [0.29, 0.717) is 22.3 Å². The van der Waals surface area contributed by atoms with Gasteiger partial charge >= 0.3 is 0 Å². The predicted octanol–water partition coefficient (Wildman–Crippen LogP) is 2.67. The molecule has 0 spiro atoms. The van der Waals surface area contributed by atoms with Crippen LogP contribution in [0.5, 0.6) is 17.2 Å². The minimum absolute atomic E-state index is 0.0259. The number of rotatable bonds is 1. The summed E-state index contributed by atoms with van der Waals surface area (Å²) in [6.07, 6.45) is 0. The van der Waals surface area contributed by atoms with Crippen molar-refractivity contribution in [3.05, 3.63) is 40.1 Å². The van der Waals surface area contributed by atoms with Crippen molar-refractivity contribution in [3.8, 4) is 17.2 Å². The van der Waals surface area contributed by atoms with Gasteiger partial charge in [0.1, 0.15) is 22.5 Å². The Kier molecular flexibility index (Phi) is 2.57. The van der Waals surface area contributed by atoms with Crippen LogP contribution in [0.1, 0.15) is 5.56 Å². The van der Waals surface area contributed by atoms with Gasteiger partial charge in [-0.2, -0.15) is 0 Å². The van der Waals surface area contributed by atoms with Gasteiger partial charge in [-0.25, -0.2) is 0 Å². The maximum Gasteiger partial charge on any atom is 0.204 e. The van der Waals surface area contributed by atoms with E-state index in [2.05, 4.69) is 0 Å². The lowest BCUT2D eigenvalue weighted by molar-refractivity contribution is 0.411. The summed E-state index contributed by atoms with van der Waals surface area (Å²) < 4.78 is 10.8. The van der Waals surface area contributed by atoms with Crippen LogP contribution in [-0.2, 0) is 0 Å². The molecule has 2 N–H and O–H groups in total. The van der Waals surface area contributed by atoms with Gasteiger partial charge in [0, 0.05) is 5.56 Å². The molecule has 0 aliphatic carbocycles. The van der Waals surface area contributed by atoms with Crippen molar-refractivity contribution in [2.75, 3.05) is 7.11 Å². The molecular weight excluding hydrogens is 260 g/mol. The van der Waals surface area contributed by atoms with E-state index in [4.69, 9.17) is 9.15 Å². The number of ether oxygens (including phenoxy) is 1. The van der Waals surface area contributed by atoms with Crippen LogP contribution >= 0.6 is 0 Å². The number of phenolic OH excluding ortho intramolecular Hbond substituents is 2. The van der Waals surface area contributed by atoms with Gasteiger partial charge in [0.25, 0.3) is 0 Å². The van der Waals surface area contributed by atoms with Crippen molar-refractivity contribution in [3.63, 3.8) is 0 Å². The van der Waals surface area contributed by atoms with Gasteiger partial charge in [0.05, 0.1) is 12.5 Å². The van der Waals surface area contributed by atoms with E-state index in [1.807, 2.05) is 0 Å². The Bertz CT molecular complexity index is 892. The molecule has 0 radical (unpaired) electrons. The number of hydrogen-bond donors (Lipinski definition) is 2. The molecule has 20 heavy (non-hydrogen) atoms. The average Bonchev–Trinajstić information content (AvgIpc) is 2.44. The van der Waals surface area contributed by atoms with Crippen molar-refractivity contribution < 1.29 is 19.4 Å². The van der Waals surface area contributed by atoms with E-state index in [1.165, 1.54) is 19.2 Å². The molecule has 1 heterocycles. The molecular formula is C15H12O5. The highest BCUT2D eigenvalue weighted by Gasteiger charge is 2.17. The first kappa shape index (κ1) is 12.3. The summed E-state index contributed by atoms with van der Waals surface area (Å²) in [6.45, 7) is 1.76. The van der Waals surface area contributed by atoms with E-state index < -0.39 is 0 Å². The average molecular weight is 272 g/mol. The fourth-order valence-electron chi connectivity index (χ4n) is 2.33. The molecule has 0 fully saturated rings. The van der Waals surface area contributed by atoms with E-state index in [-0.39, 0.29) is 27.9 Å². The standard InChI is InChI=1S/C15H12O5/c1-7-11(19-2)6-3-8-13(18)12-9(16)4-5-10(17)15(12)20-14(7)8/h3-6,16-17H,1-2H3. The zero-order valence-corrected chi connectivity index (χ0v) is 10.9. The van der Waals surface area contributed by atoms with Crippen LogP contribution in [-0.4, -0.2) is 17.3 Å². The minimum atomic E-state index is -0.389. The third-order valence-corrected chi connectivity index (χ3v) is 3.37. The van der Waals surface area contributed by atoms with Crippen LogP contribution in [0.25, 0.3) is 21.9 Å². The highest BCUT2D eigenvalue weighted by molar-refractivity contribution is 5.97. The zero-order valence-electron chi connectivity index (χ0n) is 10.9. The van der Waals surface area contributed by atoms with Crippen LogP contribution in [0, 0.1) is 6.92 Å². The molecule has 0 saturated carbocycles. The van der Waals surface area contributed by atoms with Crippen LogP contribution in [0.15, 0.2) is 33.5 Å². The fraction of sp³-hybridized carbons (Fsp3) is 0.133.